The third kappa shape index (κ3) is 2.62. The van der Waals surface area contributed by atoms with Gasteiger partial charge in [0.15, 0.2) is 0 Å². The molecule has 0 atom stereocenters. The maximum Gasteiger partial charge on any atom is -0.00382 e. The van der Waals surface area contributed by atoms with E-state index in [4.69, 9.17) is 0 Å². The summed E-state index contributed by atoms with van der Waals surface area (Å²) in [4.78, 5) is 0. The highest BCUT2D eigenvalue weighted by Crippen LogP contribution is 2.50. The molecule has 82 valence electrons. The van der Waals surface area contributed by atoms with E-state index in [-0.39, 0.29) is 5.41 Å². The van der Waals surface area contributed by atoms with Crippen molar-refractivity contribution in [2.75, 3.05) is 0 Å². The summed E-state index contributed by atoms with van der Waals surface area (Å²) in [6, 6.07) is 0. The van der Waals surface area contributed by atoms with Crippen LogP contribution < -0.4 is 0 Å². The Balaban J connectivity index is 2.61. The van der Waals surface area contributed by atoms with Crippen molar-refractivity contribution in [1.29, 1.82) is 0 Å². The number of allylic oxidation sites excluding steroid dienone is 1. The minimum absolute atomic E-state index is 0.221. The molecule has 0 bridgehead atoms. The molecule has 1 aliphatic carbocycles. The highest BCUT2D eigenvalue weighted by molar-refractivity contribution is 9.11. The van der Waals surface area contributed by atoms with Gasteiger partial charge in [-0.25, -0.2) is 0 Å². The lowest BCUT2D eigenvalue weighted by Crippen LogP contribution is -2.34. The largest absolute Gasteiger partial charge is 0.0883 e. The van der Waals surface area contributed by atoms with E-state index in [1.807, 2.05) is 0 Å². The minimum Gasteiger partial charge on any atom is -0.0883 e. The van der Waals surface area contributed by atoms with Gasteiger partial charge in [-0.1, -0.05) is 56.6 Å². The van der Waals surface area contributed by atoms with Crippen LogP contribution in [0.25, 0.3) is 0 Å². The lowest BCUT2D eigenvalue weighted by Gasteiger charge is -2.44. The topological polar surface area (TPSA) is 0 Å². The van der Waals surface area contributed by atoms with Crippen molar-refractivity contribution in [2.24, 2.45) is 16.7 Å². The van der Waals surface area contributed by atoms with Crippen LogP contribution in [0.4, 0.5) is 0 Å². The van der Waals surface area contributed by atoms with E-state index in [0.29, 0.717) is 5.41 Å². The first-order valence-electron chi connectivity index (χ1n) is 5.60. The Morgan fingerprint density at radius 3 is 2.07 bits per heavy atom. The normalized spacial score (nSPS) is 19.2. The molecule has 0 aromatic rings. The maximum atomic E-state index is 4.03. The van der Waals surface area contributed by atoms with Crippen LogP contribution in [-0.4, -0.2) is 0 Å². The molecule has 0 aliphatic heterocycles. The maximum absolute atomic E-state index is 4.03. The molecule has 1 heteroatoms. The fraction of sp³-hybridized carbons (Fsp3) is 0.846. The smallest absolute Gasteiger partial charge is 0.00382 e. The summed E-state index contributed by atoms with van der Waals surface area (Å²) in [6.07, 6.45) is 5.52. The predicted octanol–water partition coefficient (Wildman–Crippen LogP) is 5.14. The van der Waals surface area contributed by atoms with Gasteiger partial charge in [-0.2, -0.15) is 0 Å². The van der Waals surface area contributed by atoms with E-state index < -0.39 is 0 Å². The van der Waals surface area contributed by atoms with Crippen LogP contribution in [0.1, 0.15) is 53.4 Å². The Hall–Kier alpha value is 0.220. The Labute approximate surface area is 97.3 Å². The van der Waals surface area contributed by atoms with Gasteiger partial charge >= 0.3 is 0 Å². The van der Waals surface area contributed by atoms with E-state index in [1.54, 1.807) is 0 Å². The van der Waals surface area contributed by atoms with Crippen LogP contribution >= 0.6 is 15.9 Å². The zero-order valence-electron chi connectivity index (χ0n) is 9.99. The van der Waals surface area contributed by atoms with Gasteiger partial charge in [-0.3, -0.25) is 0 Å². The van der Waals surface area contributed by atoms with Crippen LogP contribution in [0.3, 0.4) is 0 Å². The van der Waals surface area contributed by atoms with Crippen molar-refractivity contribution < 1.29 is 0 Å². The molecule has 0 saturated heterocycles. The molecule has 0 nitrogen and oxygen atoms in total. The van der Waals surface area contributed by atoms with E-state index in [9.17, 15) is 0 Å². The molecule has 1 fully saturated rings. The van der Waals surface area contributed by atoms with E-state index >= 15 is 0 Å². The summed E-state index contributed by atoms with van der Waals surface area (Å²) in [7, 11) is 0. The Bertz CT molecular complexity index is 221. The van der Waals surface area contributed by atoms with Crippen molar-refractivity contribution in [3.8, 4) is 0 Å². The van der Waals surface area contributed by atoms with Gasteiger partial charge in [0.25, 0.3) is 0 Å². The lowest BCUT2D eigenvalue weighted by molar-refractivity contribution is 0.0799. The molecule has 0 spiro atoms. The second-order valence-corrected chi connectivity index (χ2v) is 7.04. The third-order valence-electron chi connectivity index (χ3n) is 3.84. The Kier molecular flexibility index (Phi) is 3.51. The number of hydrogen-bond donors (Lipinski definition) is 0. The van der Waals surface area contributed by atoms with Crippen LogP contribution in [0.15, 0.2) is 11.1 Å². The van der Waals surface area contributed by atoms with Gasteiger partial charge in [-0.15, -0.1) is 0 Å². The van der Waals surface area contributed by atoms with Gasteiger partial charge in [0.05, 0.1) is 0 Å². The van der Waals surface area contributed by atoms with E-state index in [0.717, 1.165) is 10.4 Å². The van der Waals surface area contributed by atoms with Gasteiger partial charge in [0, 0.05) is 0 Å². The molecule has 0 N–H and O–H groups in total. The molecule has 0 aromatic heterocycles. The number of halogens is 1. The SMILES string of the molecule is C=C(Br)C(C)(C)CC(C)(C)C1CCC1. The van der Waals surface area contributed by atoms with Crippen molar-refractivity contribution in [3.63, 3.8) is 0 Å². The van der Waals surface area contributed by atoms with Crippen molar-refractivity contribution in [3.05, 3.63) is 11.1 Å². The average molecular weight is 259 g/mol. The van der Waals surface area contributed by atoms with Gasteiger partial charge in [0.2, 0.25) is 0 Å². The zero-order valence-corrected chi connectivity index (χ0v) is 11.6. The van der Waals surface area contributed by atoms with Gasteiger partial charge in [-0.05, 0) is 40.5 Å². The fourth-order valence-corrected chi connectivity index (χ4v) is 2.71. The van der Waals surface area contributed by atoms with Crippen LogP contribution in [0, 0.1) is 16.7 Å². The fourth-order valence-electron chi connectivity index (χ4n) is 2.57. The van der Waals surface area contributed by atoms with Crippen LogP contribution in [0.2, 0.25) is 0 Å². The summed E-state index contributed by atoms with van der Waals surface area (Å²) >= 11 is 3.54. The molecule has 1 saturated carbocycles. The number of hydrogen-bond acceptors (Lipinski definition) is 0. The first-order valence-corrected chi connectivity index (χ1v) is 6.40. The molecular weight excluding hydrogens is 236 g/mol. The zero-order chi connectivity index (χ0) is 11.0. The summed E-state index contributed by atoms with van der Waals surface area (Å²) in [5, 5.41) is 0. The molecule has 1 rings (SSSR count). The molecular formula is C13H23Br. The summed E-state index contributed by atoms with van der Waals surface area (Å²) in [6.45, 7) is 13.4. The Morgan fingerprint density at radius 1 is 1.29 bits per heavy atom. The van der Waals surface area contributed by atoms with Gasteiger partial charge < -0.3 is 0 Å². The summed E-state index contributed by atoms with van der Waals surface area (Å²) in [5.41, 5.74) is 0.692. The molecule has 0 amide bonds. The average Bonchev–Trinajstić information content (AvgIpc) is 1.76. The monoisotopic (exact) mass is 258 g/mol. The summed E-state index contributed by atoms with van der Waals surface area (Å²) in [5.74, 6) is 0.939. The van der Waals surface area contributed by atoms with Crippen molar-refractivity contribution in [1.82, 2.24) is 0 Å². The first kappa shape index (κ1) is 12.3. The second kappa shape index (κ2) is 4.00. The molecule has 1 aliphatic rings. The highest BCUT2D eigenvalue weighted by Gasteiger charge is 2.38. The van der Waals surface area contributed by atoms with Gasteiger partial charge in [0.1, 0.15) is 0 Å². The number of rotatable bonds is 4. The standard InChI is InChI=1S/C13H23Br/c1-10(14)12(2,3)9-13(4,5)11-7-6-8-11/h11H,1,6-9H2,2-5H3. The first-order chi connectivity index (χ1) is 6.26. The molecule has 14 heavy (non-hydrogen) atoms. The minimum atomic E-state index is 0.221. The highest BCUT2D eigenvalue weighted by atomic mass is 79.9. The lowest BCUT2D eigenvalue weighted by atomic mass is 9.61. The van der Waals surface area contributed by atoms with Crippen molar-refractivity contribution in [2.45, 2.75) is 53.4 Å². The predicted molar refractivity (Wildman–Crippen MR) is 67.6 cm³/mol. The molecule has 0 heterocycles. The van der Waals surface area contributed by atoms with Crippen LogP contribution in [0.5, 0.6) is 0 Å². The van der Waals surface area contributed by atoms with Crippen LogP contribution in [-0.2, 0) is 0 Å². The molecule has 0 radical (unpaired) electrons. The van der Waals surface area contributed by atoms with Crippen molar-refractivity contribution >= 4 is 15.9 Å². The quantitative estimate of drug-likeness (QED) is 0.656. The summed E-state index contributed by atoms with van der Waals surface area (Å²) < 4.78 is 1.14. The molecule has 0 aromatic carbocycles. The van der Waals surface area contributed by atoms with E-state index in [2.05, 4.69) is 50.2 Å². The second-order valence-electron chi connectivity index (χ2n) is 6.08. The third-order valence-corrected chi connectivity index (χ3v) is 4.92. The van der Waals surface area contributed by atoms with E-state index in [1.165, 1.54) is 25.7 Å². The molecule has 0 unspecified atom stereocenters. The Morgan fingerprint density at radius 2 is 1.79 bits per heavy atom.